The van der Waals surface area contributed by atoms with E-state index < -0.39 is 0 Å². The van der Waals surface area contributed by atoms with E-state index in [9.17, 15) is 4.79 Å². The Morgan fingerprint density at radius 3 is 2.52 bits per heavy atom. The summed E-state index contributed by atoms with van der Waals surface area (Å²) in [7, 11) is 1.86. The van der Waals surface area contributed by atoms with Crippen LogP contribution in [0.2, 0.25) is 0 Å². The second-order valence-electron chi connectivity index (χ2n) is 8.23. The summed E-state index contributed by atoms with van der Waals surface area (Å²) in [6.45, 7) is 6.86. The van der Waals surface area contributed by atoms with Gasteiger partial charge in [0.25, 0.3) is 0 Å². The zero-order valence-corrected chi connectivity index (χ0v) is 16.8. The van der Waals surface area contributed by atoms with Crippen LogP contribution in [0.4, 0.5) is 10.5 Å². The van der Waals surface area contributed by atoms with Crippen LogP contribution in [0.5, 0.6) is 0 Å². The zero-order valence-electron chi connectivity index (χ0n) is 16.8. The van der Waals surface area contributed by atoms with Gasteiger partial charge in [0.15, 0.2) is 5.96 Å². The van der Waals surface area contributed by atoms with Crippen molar-refractivity contribution >= 4 is 17.7 Å². The Morgan fingerprint density at radius 2 is 1.89 bits per heavy atom. The number of aliphatic imine (C=N–C) groups is 1. The second-order valence-corrected chi connectivity index (χ2v) is 8.23. The number of amides is 2. The van der Waals surface area contributed by atoms with Crippen molar-refractivity contribution in [1.82, 2.24) is 15.5 Å². The third kappa shape index (κ3) is 5.15. The first-order chi connectivity index (χ1) is 13.0. The van der Waals surface area contributed by atoms with E-state index in [4.69, 9.17) is 0 Å². The van der Waals surface area contributed by atoms with Gasteiger partial charge >= 0.3 is 6.03 Å². The van der Waals surface area contributed by atoms with Gasteiger partial charge in [0.1, 0.15) is 0 Å². The number of nitrogens with one attached hydrogen (secondary N) is 3. The van der Waals surface area contributed by atoms with Crippen LogP contribution in [0.25, 0.3) is 0 Å². The van der Waals surface area contributed by atoms with E-state index in [0.29, 0.717) is 5.41 Å². The minimum atomic E-state index is -0.175. The minimum absolute atomic E-state index is 0.120. The average Bonchev–Trinajstić information content (AvgIpc) is 3.26. The summed E-state index contributed by atoms with van der Waals surface area (Å²) < 4.78 is 0. The fourth-order valence-corrected chi connectivity index (χ4v) is 4.30. The molecule has 2 aliphatic rings. The lowest BCUT2D eigenvalue weighted by atomic mass is 9.86. The number of nitrogens with zero attached hydrogens (tertiary/aromatic N) is 2. The van der Waals surface area contributed by atoms with Gasteiger partial charge in [-0.1, -0.05) is 25.0 Å². The highest BCUT2D eigenvalue weighted by Crippen LogP contribution is 2.45. The first-order valence-corrected chi connectivity index (χ1v) is 10.1. The number of hydrogen-bond acceptors (Lipinski definition) is 2. The molecule has 0 bridgehead atoms. The molecule has 2 amide bonds. The van der Waals surface area contributed by atoms with E-state index in [1.165, 1.54) is 37.7 Å². The number of rotatable bonds is 4. The first kappa shape index (κ1) is 19.5. The molecule has 6 nitrogen and oxygen atoms in total. The predicted molar refractivity (Wildman–Crippen MR) is 111 cm³/mol. The molecule has 0 unspecified atom stereocenters. The van der Waals surface area contributed by atoms with E-state index in [-0.39, 0.29) is 12.1 Å². The number of benzene rings is 1. The molecular formula is C21H33N5O. The van der Waals surface area contributed by atoms with E-state index in [0.717, 1.165) is 31.3 Å². The standard InChI is InChI=1S/C21H33N5O/c1-16(2)24-20(27)25-18-8-6-17(7-9-18)14-23-19(22-3)26-13-12-21(15-26)10-4-5-11-21/h6-9,16H,4-5,10-15H2,1-3H3,(H,22,23)(H2,24,25,27). The smallest absolute Gasteiger partial charge is 0.319 e. The van der Waals surface area contributed by atoms with Crippen molar-refractivity contribution in [2.24, 2.45) is 10.4 Å². The molecule has 6 heteroatoms. The Hall–Kier alpha value is -2.24. The molecule has 3 N–H and O–H groups in total. The molecular weight excluding hydrogens is 338 g/mol. The van der Waals surface area contributed by atoms with Crippen molar-refractivity contribution in [3.8, 4) is 0 Å². The van der Waals surface area contributed by atoms with Gasteiger partial charge in [-0.3, -0.25) is 4.99 Å². The van der Waals surface area contributed by atoms with Gasteiger partial charge in [0, 0.05) is 38.4 Å². The van der Waals surface area contributed by atoms with Gasteiger partial charge in [-0.25, -0.2) is 4.79 Å². The third-order valence-electron chi connectivity index (χ3n) is 5.70. The van der Waals surface area contributed by atoms with Crippen molar-refractivity contribution in [2.75, 3.05) is 25.5 Å². The van der Waals surface area contributed by atoms with E-state index >= 15 is 0 Å². The lowest BCUT2D eigenvalue weighted by Crippen LogP contribution is -2.40. The molecule has 0 atom stereocenters. The molecule has 0 aromatic heterocycles. The van der Waals surface area contributed by atoms with Crippen LogP contribution in [-0.4, -0.2) is 43.1 Å². The summed E-state index contributed by atoms with van der Waals surface area (Å²) in [6, 6.07) is 7.88. The third-order valence-corrected chi connectivity index (χ3v) is 5.70. The number of anilines is 1. The fraction of sp³-hybridized carbons (Fsp3) is 0.619. The number of hydrogen-bond donors (Lipinski definition) is 3. The van der Waals surface area contributed by atoms with Crippen LogP contribution in [0.1, 0.15) is 51.5 Å². The molecule has 1 aromatic carbocycles. The van der Waals surface area contributed by atoms with Crippen LogP contribution in [0, 0.1) is 5.41 Å². The molecule has 1 saturated heterocycles. The Kier molecular flexibility index (Phi) is 6.24. The van der Waals surface area contributed by atoms with Gasteiger partial charge < -0.3 is 20.9 Å². The van der Waals surface area contributed by atoms with Gasteiger partial charge in [-0.2, -0.15) is 0 Å². The Bertz CT molecular complexity index is 662. The molecule has 1 heterocycles. The molecule has 1 spiro atoms. The van der Waals surface area contributed by atoms with Crippen molar-refractivity contribution in [3.05, 3.63) is 29.8 Å². The van der Waals surface area contributed by atoms with Gasteiger partial charge in [0.2, 0.25) is 0 Å². The molecule has 1 aliphatic carbocycles. The summed E-state index contributed by atoms with van der Waals surface area (Å²) >= 11 is 0. The van der Waals surface area contributed by atoms with E-state index in [1.807, 2.05) is 45.2 Å². The average molecular weight is 372 g/mol. The van der Waals surface area contributed by atoms with Crippen molar-refractivity contribution < 1.29 is 4.79 Å². The zero-order chi connectivity index (χ0) is 19.3. The second kappa shape index (κ2) is 8.63. The monoisotopic (exact) mass is 371 g/mol. The number of carbonyl (C=O) groups excluding carboxylic acids is 1. The van der Waals surface area contributed by atoms with Crippen molar-refractivity contribution in [3.63, 3.8) is 0 Å². The van der Waals surface area contributed by atoms with Crippen molar-refractivity contribution in [1.29, 1.82) is 0 Å². The lowest BCUT2D eigenvalue weighted by Gasteiger charge is -2.26. The molecule has 0 radical (unpaired) electrons. The maximum Gasteiger partial charge on any atom is 0.319 e. The topological polar surface area (TPSA) is 68.8 Å². The molecule has 1 saturated carbocycles. The number of urea groups is 1. The quantitative estimate of drug-likeness (QED) is 0.560. The van der Waals surface area contributed by atoms with E-state index in [1.54, 1.807) is 0 Å². The Morgan fingerprint density at radius 1 is 1.19 bits per heavy atom. The molecule has 148 valence electrons. The Balaban J connectivity index is 1.49. The highest BCUT2D eigenvalue weighted by atomic mass is 16.2. The highest BCUT2D eigenvalue weighted by molar-refractivity contribution is 5.89. The van der Waals surface area contributed by atoms with Crippen LogP contribution < -0.4 is 16.0 Å². The minimum Gasteiger partial charge on any atom is -0.352 e. The molecule has 27 heavy (non-hydrogen) atoms. The summed E-state index contributed by atoms with van der Waals surface area (Å²) in [5.74, 6) is 0.997. The molecule has 3 rings (SSSR count). The van der Waals surface area contributed by atoms with Crippen molar-refractivity contribution in [2.45, 2.75) is 58.5 Å². The van der Waals surface area contributed by atoms with Crippen LogP contribution in [-0.2, 0) is 6.54 Å². The number of carbonyl (C=O) groups is 1. The van der Waals surface area contributed by atoms with Crippen LogP contribution >= 0.6 is 0 Å². The predicted octanol–water partition coefficient (Wildman–Crippen LogP) is 3.56. The maximum absolute atomic E-state index is 11.8. The first-order valence-electron chi connectivity index (χ1n) is 10.1. The SMILES string of the molecule is CN=C(NCc1ccc(NC(=O)NC(C)C)cc1)N1CCC2(CCCC2)C1. The maximum atomic E-state index is 11.8. The fourth-order valence-electron chi connectivity index (χ4n) is 4.30. The van der Waals surface area contributed by atoms with Gasteiger partial charge in [0.05, 0.1) is 0 Å². The molecule has 2 fully saturated rings. The normalized spacial score (nSPS) is 19.0. The van der Waals surface area contributed by atoms with E-state index in [2.05, 4.69) is 25.8 Å². The van der Waals surface area contributed by atoms with Gasteiger partial charge in [-0.05, 0) is 56.2 Å². The lowest BCUT2D eigenvalue weighted by molar-refractivity contribution is 0.250. The summed E-state index contributed by atoms with van der Waals surface area (Å²) in [5, 5.41) is 9.16. The van der Waals surface area contributed by atoms with Crippen LogP contribution in [0.3, 0.4) is 0 Å². The number of guanidine groups is 1. The summed E-state index contributed by atoms with van der Waals surface area (Å²) in [6.07, 6.45) is 6.82. The number of likely N-dealkylation sites (tertiary alicyclic amines) is 1. The Labute approximate surface area is 162 Å². The highest BCUT2D eigenvalue weighted by Gasteiger charge is 2.41. The molecule has 1 aliphatic heterocycles. The summed E-state index contributed by atoms with van der Waals surface area (Å²) in [5.41, 5.74) is 2.51. The van der Waals surface area contributed by atoms with Gasteiger partial charge in [-0.15, -0.1) is 0 Å². The molecule has 1 aromatic rings. The summed E-state index contributed by atoms with van der Waals surface area (Å²) in [4.78, 5) is 18.7. The van der Waals surface area contributed by atoms with Crippen LogP contribution in [0.15, 0.2) is 29.3 Å². The largest absolute Gasteiger partial charge is 0.352 e.